The van der Waals surface area contributed by atoms with E-state index in [1.807, 2.05) is 0 Å². The minimum atomic E-state index is 0.209. The molecule has 4 N–H and O–H groups in total. The molecule has 0 aliphatic rings. The fraction of sp³-hybridized carbons (Fsp3) is 0.429. The SMILES string of the molecule is C=CCN=C(N)NC(=N)N(C)C. The molecule has 0 amide bonds. The van der Waals surface area contributed by atoms with Gasteiger partial charge in [0, 0.05) is 14.1 Å². The van der Waals surface area contributed by atoms with Crippen molar-refractivity contribution in [2.45, 2.75) is 0 Å². The molecule has 5 heteroatoms. The summed E-state index contributed by atoms with van der Waals surface area (Å²) in [6.07, 6.45) is 1.63. The van der Waals surface area contributed by atoms with Gasteiger partial charge in [0.1, 0.15) is 0 Å². The van der Waals surface area contributed by atoms with Crippen molar-refractivity contribution in [2.24, 2.45) is 10.7 Å². The Balaban J connectivity index is 3.91. The van der Waals surface area contributed by atoms with Crippen molar-refractivity contribution in [3.05, 3.63) is 12.7 Å². The van der Waals surface area contributed by atoms with Gasteiger partial charge in [-0.25, -0.2) is 4.99 Å². The first-order chi connectivity index (χ1) is 5.57. The molecule has 0 aromatic carbocycles. The van der Waals surface area contributed by atoms with E-state index >= 15 is 0 Å². The van der Waals surface area contributed by atoms with Crippen molar-refractivity contribution >= 4 is 11.9 Å². The Morgan fingerprint density at radius 2 is 2.33 bits per heavy atom. The van der Waals surface area contributed by atoms with E-state index in [4.69, 9.17) is 11.1 Å². The molecule has 0 aliphatic carbocycles. The van der Waals surface area contributed by atoms with Gasteiger partial charge in [0.25, 0.3) is 0 Å². The highest BCUT2D eigenvalue weighted by Crippen LogP contribution is 1.74. The zero-order valence-corrected chi connectivity index (χ0v) is 7.46. The Bertz CT molecular complexity index is 194. The number of guanidine groups is 2. The van der Waals surface area contributed by atoms with Crippen LogP contribution in [0.25, 0.3) is 0 Å². The van der Waals surface area contributed by atoms with Crippen LogP contribution in [-0.2, 0) is 0 Å². The molecule has 0 heterocycles. The number of nitrogens with zero attached hydrogens (tertiary/aromatic N) is 2. The fourth-order valence-electron chi connectivity index (χ4n) is 0.436. The molecule has 0 unspecified atom stereocenters. The molecule has 68 valence electrons. The van der Waals surface area contributed by atoms with Crippen LogP contribution in [0.15, 0.2) is 17.6 Å². The molecular formula is C7H15N5. The van der Waals surface area contributed by atoms with Gasteiger partial charge in [-0.2, -0.15) is 0 Å². The Morgan fingerprint density at radius 3 is 2.75 bits per heavy atom. The molecule has 12 heavy (non-hydrogen) atoms. The van der Waals surface area contributed by atoms with Gasteiger partial charge in [0.05, 0.1) is 6.54 Å². The maximum absolute atomic E-state index is 7.34. The van der Waals surface area contributed by atoms with Crippen molar-refractivity contribution < 1.29 is 0 Å². The second-order valence-electron chi connectivity index (χ2n) is 2.38. The smallest absolute Gasteiger partial charge is 0.197 e. The quantitative estimate of drug-likeness (QED) is 0.298. The van der Waals surface area contributed by atoms with Crippen LogP contribution in [0.5, 0.6) is 0 Å². The molecule has 0 atom stereocenters. The second-order valence-corrected chi connectivity index (χ2v) is 2.38. The number of nitrogens with one attached hydrogen (secondary N) is 2. The predicted octanol–water partition coefficient (Wildman–Crippen LogP) is -0.427. The molecular weight excluding hydrogens is 154 g/mol. The Kier molecular flexibility index (Phi) is 4.52. The lowest BCUT2D eigenvalue weighted by Crippen LogP contribution is -2.43. The Labute approximate surface area is 72.5 Å². The lowest BCUT2D eigenvalue weighted by molar-refractivity contribution is 0.599. The number of aliphatic imine (C=N–C) groups is 1. The van der Waals surface area contributed by atoms with Gasteiger partial charge in [-0.3, -0.25) is 10.7 Å². The van der Waals surface area contributed by atoms with Gasteiger partial charge >= 0.3 is 0 Å². The summed E-state index contributed by atoms with van der Waals surface area (Å²) in [6, 6.07) is 0. The van der Waals surface area contributed by atoms with Gasteiger partial charge < -0.3 is 10.6 Å². The maximum atomic E-state index is 7.34. The number of nitrogens with two attached hydrogens (primary N) is 1. The molecule has 0 spiro atoms. The summed E-state index contributed by atoms with van der Waals surface area (Å²) < 4.78 is 0. The molecule has 0 aliphatic heterocycles. The van der Waals surface area contributed by atoms with Gasteiger partial charge in [-0.15, -0.1) is 6.58 Å². The average Bonchev–Trinajstić information content (AvgIpc) is 2.00. The maximum Gasteiger partial charge on any atom is 0.197 e. The molecule has 0 aromatic heterocycles. The minimum absolute atomic E-state index is 0.209. The van der Waals surface area contributed by atoms with Gasteiger partial charge in [0.2, 0.25) is 0 Å². The van der Waals surface area contributed by atoms with Crippen LogP contribution in [0.1, 0.15) is 0 Å². The van der Waals surface area contributed by atoms with Crippen LogP contribution in [-0.4, -0.2) is 37.5 Å². The zero-order valence-electron chi connectivity index (χ0n) is 7.46. The topological polar surface area (TPSA) is 77.5 Å². The van der Waals surface area contributed by atoms with E-state index < -0.39 is 0 Å². The van der Waals surface area contributed by atoms with Crippen LogP contribution >= 0.6 is 0 Å². The minimum Gasteiger partial charge on any atom is -0.370 e. The van der Waals surface area contributed by atoms with Crippen LogP contribution in [0.2, 0.25) is 0 Å². The Morgan fingerprint density at radius 1 is 1.75 bits per heavy atom. The van der Waals surface area contributed by atoms with Crippen molar-refractivity contribution in [2.75, 3.05) is 20.6 Å². The van der Waals surface area contributed by atoms with E-state index in [0.29, 0.717) is 6.54 Å². The predicted molar refractivity (Wildman–Crippen MR) is 51.2 cm³/mol. The summed E-state index contributed by atoms with van der Waals surface area (Å²) in [5.74, 6) is 0.439. The summed E-state index contributed by atoms with van der Waals surface area (Å²) in [4.78, 5) is 5.46. The molecule has 0 saturated heterocycles. The molecule has 0 rings (SSSR count). The van der Waals surface area contributed by atoms with E-state index in [1.54, 1.807) is 25.1 Å². The lowest BCUT2D eigenvalue weighted by atomic mass is 10.6. The van der Waals surface area contributed by atoms with E-state index in [-0.39, 0.29) is 11.9 Å². The van der Waals surface area contributed by atoms with E-state index in [0.717, 1.165) is 0 Å². The highest BCUT2D eigenvalue weighted by molar-refractivity contribution is 5.96. The van der Waals surface area contributed by atoms with Crippen molar-refractivity contribution in [1.29, 1.82) is 5.41 Å². The van der Waals surface area contributed by atoms with E-state index in [1.165, 1.54) is 0 Å². The Hall–Kier alpha value is -1.52. The first-order valence-corrected chi connectivity index (χ1v) is 3.51. The van der Waals surface area contributed by atoms with Crippen LogP contribution in [0.3, 0.4) is 0 Å². The third kappa shape index (κ3) is 4.32. The molecule has 5 nitrogen and oxygen atoms in total. The number of rotatable bonds is 2. The summed E-state index contributed by atoms with van der Waals surface area (Å²) in [5, 5.41) is 9.94. The second kappa shape index (κ2) is 5.17. The standard InChI is InChI=1S/C7H15N5/c1-4-5-10-6(8)11-7(9)12(2)3/h4H,1,5H2,2-3H3,(H4,8,9,10,11). The van der Waals surface area contributed by atoms with Crippen LogP contribution < -0.4 is 11.1 Å². The molecule has 0 fully saturated rings. The monoisotopic (exact) mass is 169 g/mol. The van der Waals surface area contributed by atoms with Crippen molar-refractivity contribution in [3.8, 4) is 0 Å². The zero-order chi connectivity index (χ0) is 9.56. The first kappa shape index (κ1) is 10.5. The average molecular weight is 169 g/mol. The fourth-order valence-corrected chi connectivity index (χ4v) is 0.436. The highest BCUT2D eigenvalue weighted by Gasteiger charge is 1.98. The third-order valence-electron chi connectivity index (χ3n) is 1.08. The van der Waals surface area contributed by atoms with E-state index in [2.05, 4.69) is 16.9 Å². The van der Waals surface area contributed by atoms with Crippen LogP contribution in [0, 0.1) is 5.41 Å². The normalized spacial score (nSPS) is 10.7. The van der Waals surface area contributed by atoms with E-state index in [9.17, 15) is 0 Å². The van der Waals surface area contributed by atoms with Crippen molar-refractivity contribution in [3.63, 3.8) is 0 Å². The first-order valence-electron chi connectivity index (χ1n) is 3.51. The van der Waals surface area contributed by atoms with Crippen LogP contribution in [0.4, 0.5) is 0 Å². The number of hydrogen-bond acceptors (Lipinski definition) is 2. The lowest BCUT2D eigenvalue weighted by Gasteiger charge is -2.14. The van der Waals surface area contributed by atoms with Crippen molar-refractivity contribution in [1.82, 2.24) is 10.2 Å². The van der Waals surface area contributed by atoms with Gasteiger partial charge in [-0.05, 0) is 0 Å². The highest BCUT2D eigenvalue weighted by atomic mass is 15.3. The largest absolute Gasteiger partial charge is 0.370 e. The third-order valence-corrected chi connectivity index (χ3v) is 1.08. The van der Waals surface area contributed by atoms with Gasteiger partial charge in [0.15, 0.2) is 11.9 Å². The summed E-state index contributed by atoms with van der Waals surface area (Å²) in [7, 11) is 3.49. The molecule has 0 bridgehead atoms. The molecule has 0 saturated carbocycles. The van der Waals surface area contributed by atoms with Gasteiger partial charge in [-0.1, -0.05) is 6.08 Å². The number of hydrogen-bond donors (Lipinski definition) is 3. The molecule has 0 aromatic rings. The summed E-state index contributed by atoms with van der Waals surface area (Å²) in [6.45, 7) is 3.95. The summed E-state index contributed by atoms with van der Waals surface area (Å²) >= 11 is 0. The summed E-state index contributed by atoms with van der Waals surface area (Å²) in [5.41, 5.74) is 5.42. The molecule has 0 radical (unpaired) electrons.